The molecule has 12 heavy (non-hydrogen) atoms. The third kappa shape index (κ3) is 1.85. The summed E-state index contributed by atoms with van der Waals surface area (Å²) in [6.45, 7) is 0. The van der Waals surface area contributed by atoms with E-state index in [1.165, 1.54) is 0 Å². The number of hydrogen-bond acceptors (Lipinski definition) is 3. The summed E-state index contributed by atoms with van der Waals surface area (Å²) in [5, 5.41) is 9.19. The highest BCUT2D eigenvalue weighted by molar-refractivity contribution is 7.80. The highest BCUT2D eigenvalue weighted by atomic mass is 32.1. The maximum Gasteiger partial charge on any atom is 0.171 e. The summed E-state index contributed by atoms with van der Waals surface area (Å²) >= 11 is 4.91. The van der Waals surface area contributed by atoms with E-state index in [4.69, 9.17) is 12.2 Å². The zero-order valence-corrected chi connectivity index (χ0v) is 7.75. The van der Waals surface area contributed by atoms with Gasteiger partial charge in [0.1, 0.15) is 0 Å². The van der Waals surface area contributed by atoms with Crippen LogP contribution in [-0.4, -0.2) is 29.2 Å². The first kappa shape index (κ1) is 8.79. The van der Waals surface area contributed by atoms with E-state index in [2.05, 4.69) is 25.9 Å². The maximum atomic E-state index is 4.91. The molecule has 0 aromatic carbocycles. The number of aromatic nitrogens is 2. The molecule has 0 fully saturated rings. The van der Waals surface area contributed by atoms with Gasteiger partial charge in [-0.2, -0.15) is 0 Å². The molecule has 0 saturated heterocycles. The number of aromatic amines is 1. The molecular formula is C6H11N5S. The lowest BCUT2D eigenvalue weighted by Gasteiger charge is -2.05. The number of nitrogens with one attached hydrogen (secondary N) is 4. The molecule has 0 atom stereocenters. The second-order valence-electron chi connectivity index (χ2n) is 2.08. The van der Waals surface area contributed by atoms with E-state index >= 15 is 0 Å². The fourth-order valence-electron chi connectivity index (χ4n) is 0.755. The van der Waals surface area contributed by atoms with Crippen LogP contribution >= 0.6 is 12.2 Å². The lowest BCUT2D eigenvalue weighted by molar-refractivity contribution is 1.19. The van der Waals surface area contributed by atoms with E-state index in [0.29, 0.717) is 5.11 Å². The Balaban J connectivity index is 2.68. The minimum Gasteiger partial charge on any atom is -0.370 e. The summed E-state index contributed by atoms with van der Waals surface area (Å²) < 4.78 is 0. The van der Waals surface area contributed by atoms with E-state index in [0.717, 1.165) is 11.6 Å². The number of imidazole rings is 1. The van der Waals surface area contributed by atoms with Crippen LogP contribution < -0.4 is 16.0 Å². The Morgan fingerprint density at radius 3 is 2.92 bits per heavy atom. The summed E-state index contributed by atoms with van der Waals surface area (Å²) in [4.78, 5) is 6.92. The van der Waals surface area contributed by atoms with Crippen LogP contribution in [0.2, 0.25) is 0 Å². The Labute approximate surface area is 76.0 Å². The molecule has 0 saturated carbocycles. The largest absolute Gasteiger partial charge is 0.370 e. The van der Waals surface area contributed by atoms with Crippen molar-refractivity contribution >= 4 is 29.0 Å². The number of nitrogens with zero attached hydrogens (tertiary/aromatic N) is 1. The monoisotopic (exact) mass is 185 g/mol. The van der Waals surface area contributed by atoms with Gasteiger partial charge in [-0.3, -0.25) is 0 Å². The van der Waals surface area contributed by atoms with Gasteiger partial charge in [0.15, 0.2) is 16.7 Å². The van der Waals surface area contributed by atoms with Gasteiger partial charge in [-0.1, -0.05) is 0 Å². The SMILES string of the molecule is CNC(=S)Nc1[nH]cnc1NC. The molecule has 0 aliphatic rings. The van der Waals surface area contributed by atoms with E-state index in [1.807, 2.05) is 0 Å². The van der Waals surface area contributed by atoms with E-state index in [9.17, 15) is 0 Å². The highest BCUT2D eigenvalue weighted by Gasteiger charge is 2.02. The fourth-order valence-corrected chi connectivity index (χ4v) is 0.857. The van der Waals surface area contributed by atoms with Crippen molar-refractivity contribution in [2.75, 3.05) is 24.7 Å². The van der Waals surface area contributed by atoms with Gasteiger partial charge in [-0.05, 0) is 12.2 Å². The molecule has 0 spiro atoms. The van der Waals surface area contributed by atoms with Crippen LogP contribution in [0.4, 0.5) is 11.6 Å². The number of H-pyrrole nitrogens is 1. The second-order valence-corrected chi connectivity index (χ2v) is 2.49. The van der Waals surface area contributed by atoms with Gasteiger partial charge in [0.2, 0.25) is 0 Å². The smallest absolute Gasteiger partial charge is 0.171 e. The normalized spacial score (nSPS) is 9.17. The van der Waals surface area contributed by atoms with Crippen molar-refractivity contribution in [2.45, 2.75) is 0 Å². The van der Waals surface area contributed by atoms with E-state index < -0.39 is 0 Å². The molecule has 6 heteroatoms. The minimum absolute atomic E-state index is 0.552. The Hall–Kier alpha value is -1.30. The van der Waals surface area contributed by atoms with Gasteiger partial charge in [-0.15, -0.1) is 0 Å². The molecule has 0 amide bonds. The van der Waals surface area contributed by atoms with Crippen LogP contribution in [0.15, 0.2) is 6.33 Å². The van der Waals surface area contributed by atoms with E-state index in [1.54, 1.807) is 20.4 Å². The van der Waals surface area contributed by atoms with Crippen molar-refractivity contribution < 1.29 is 0 Å². The zero-order valence-electron chi connectivity index (χ0n) is 6.93. The van der Waals surface area contributed by atoms with Crippen molar-refractivity contribution in [1.82, 2.24) is 15.3 Å². The predicted octanol–water partition coefficient (Wildman–Crippen LogP) is 0.368. The maximum absolute atomic E-state index is 4.91. The molecule has 1 aromatic heterocycles. The average molecular weight is 185 g/mol. The van der Waals surface area contributed by atoms with Crippen molar-refractivity contribution in [2.24, 2.45) is 0 Å². The Bertz CT molecular complexity index is 269. The molecule has 0 radical (unpaired) electrons. The average Bonchev–Trinajstić information content (AvgIpc) is 2.51. The predicted molar refractivity (Wildman–Crippen MR) is 53.4 cm³/mol. The third-order valence-electron chi connectivity index (χ3n) is 1.34. The lowest BCUT2D eigenvalue weighted by Crippen LogP contribution is -2.24. The molecule has 66 valence electrons. The summed E-state index contributed by atoms with van der Waals surface area (Å²) in [7, 11) is 3.55. The standard InChI is InChI=1S/C6H11N5S/c1-7-4-5(10-3-9-4)11-6(12)8-2/h3,7H,1-2H3,(H,9,10)(H2,8,11,12). The van der Waals surface area contributed by atoms with Gasteiger partial charge in [-0.25, -0.2) is 4.98 Å². The van der Waals surface area contributed by atoms with E-state index in [-0.39, 0.29) is 0 Å². The zero-order chi connectivity index (χ0) is 8.97. The first-order valence-corrected chi connectivity index (χ1v) is 3.88. The third-order valence-corrected chi connectivity index (χ3v) is 1.65. The second kappa shape index (κ2) is 3.91. The van der Waals surface area contributed by atoms with Crippen molar-refractivity contribution in [1.29, 1.82) is 0 Å². The van der Waals surface area contributed by atoms with Gasteiger partial charge < -0.3 is 20.9 Å². The number of hydrogen-bond donors (Lipinski definition) is 4. The molecule has 0 aliphatic carbocycles. The first-order chi connectivity index (χ1) is 5.77. The van der Waals surface area contributed by atoms with Gasteiger partial charge in [0, 0.05) is 14.1 Å². The van der Waals surface area contributed by atoms with Crippen molar-refractivity contribution in [3.05, 3.63) is 6.33 Å². The number of rotatable bonds is 2. The fraction of sp³-hybridized carbons (Fsp3) is 0.333. The Morgan fingerprint density at radius 2 is 2.33 bits per heavy atom. The van der Waals surface area contributed by atoms with Crippen LogP contribution in [0.3, 0.4) is 0 Å². The molecule has 0 aliphatic heterocycles. The van der Waals surface area contributed by atoms with Crippen LogP contribution in [-0.2, 0) is 0 Å². The summed E-state index contributed by atoms with van der Waals surface area (Å²) in [6.07, 6.45) is 1.59. The first-order valence-electron chi connectivity index (χ1n) is 3.47. The quantitative estimate of drug-likeness (QED) is 0.501. The molecular weight excluding hydrogens is 174 g/mol. The van der Waals surface area contributed by atoms with Gasteiger partial charge >= 0.3 is 0 Å². The number of anilines is 2. The summed E-state index contributed by atoms with van der Waals surface area (Å²) in [5.74, 6) is 1.50. The molecule has 1 rings (SSSR count). The van der Waals surface area contributed by atoms with Gasteiger partial charge in [0.05, 0.1) is 6.33 Å². The molecule has 0 unspecified atom stereocenters. The Kier molecular flexibility index (Phi) is 2.87. The van der Waals surface area contributed by atoms with Gasteiger partial charge in [0.25, 0.3) is 0 Å². The van der Waals surface area contributed by atoms with Crippen LogP contribution in [0, 0.1) is 0 Å². The van der Waals surface area contributed by atoms with Crippen molar-refractivity contribution in [3.63, 3.8) is 0 Å². The molecule has 0 bridgehead atoms. The summed E-state index contributed by atoms with van der Waals surface area (Å²) in [5.41, 5.74) is 0. The molecule has 1 heterocycles. The topological polar surface area (TPSA) is 64.8 Å². The Morgan fingerprint density at radius 1 is 1.58 bits per heavy atom. The molecule has 1 aromatic rings. The van der Waals surface area contributed by atoms with Crippen LogP contribution in [0.5, 0.6) is 0 Å². The van der Waals surface area contributed by atoms with Crippen LogP contribution in [0.25, 0.3) is 0 Å². The highest BCUT2D eigenvalue weighted by Crippen LogP contribution is 2.13. The van der Waals surface area contributed by atoms with Crippen molar-refractivity contribution in [3.8, 4) is 0 Å². The lowest BCUT2D eigenvalue weighted by atomic mass is 10.6. The molecule has 4 N–H and O–H groups in total. The summed E-state index contributed by atoms with van der Waals surface area (Å²) in [6, 6.07) is 0. The molecule has 5 nitrogen and oxygen atoms in total. The van der Waals surface area contributed by atoms with Crippen LogP contribution in [0.1, 0.15) is 0 Å². The number of thiocarbonyl (C=S) groups is 1. The minimum atomic E-state index is 0.552.